The molecule has 0 unspecified atom stereocenters. The number of benzene rings is 1. The summed E-state index contributed by atoms with van der Waals surface area (Å²) in [5, 5.41) is 12.3. The van der Waals surface area contributed by atoms with Crippen LogP contribution < -0.4 is 0 Å². The third-order valence-corrected chi connectivity index (χ3v) is 9.92. The SMILES string of the molecule is CC1(C)O[C@]23[C@H](OC(=O)c4ccccc4)[C@H]1C[C@H](OC(=O)c1cccnc1)[C@]2(C)[C@@H](OC(=O)c1cccnc1)CC[C@]3(C)O. The molecule has 3 aliphatic rings. The van der Waals surface area contributed by atoms with Crippen LogP contribution in [0.25, 0.3) is 0 Å². The van der Waals surface area contributed by atoms with Crippen LogP contribution in [0.4, 0.5) is 0 Å². The predicted octanol–water partition coefficient (Wildman–Crippen LogP) is 4.57. The second kappa shape index (κ2) is 10.8. The van der Waals surface area contributed by atoms with Crippen molar-refractivity contribution in [3.8, 4) is 0 Å². The number of hydrogen-bond donors (Lipinski definition) is 1. The summed E-state index contributed by atoms with van der Waals surface area (Å²) in [6, 6.07) is 15.1. The number of ether oxygens (including phenoxy) is 4. The Hall–Kier alpha value is -4.15. The third kappa shape index (κ3) is 4.59. The van der Waals surface area contributed by atoms with Crippen molar-refractivity contribution in [2.24, 2.45) is 11.3 Å². The normalized spacial score (nSPS) is 33.5. The molecule has 2 saturated carbocycles. The van der Waals surface area contributed by atoms with Crippen LogP contribution in [0.3, 0.4) is 0 Å². The summed E-state index contributed by atoms with van der Waals surface area (Å²) in [4.78, 5) is 48.6. The molecule has 10 heteroatoms. The van der Waals surface area contributed by atoms with Gasteiger partial charge in [-0.25, -0.2) is 14.4 Å². The minimum absolute atomic E-state index is 0.166. The summed E-state index contributed by atoms with van der Waals surface area (Å²) in [6.07, 6.45) is 3.82. The maximum atomic E-state index is 13.6. The first-order valence-electron chi connectivity index (χ1n) is 14.8. The Morgan fingerprint density at radius 2 is 1.32 bits per heavy atom. The van der Waals surface area contributed by atoms with Crippen LogP contribution >= 0.6 is 0 Å². The summed E-state index contributed by atoms with van der Waals surface area (Å²) in [5.41, 5.74) is -4.64. The fourth-order valence-corrected chi connectivity index (χ4v) is 7.71. The highest BCUT2D eigenvalue weighted by atomic mass is 16.6. The number of rotatable bonds is 6. The Kier molecular flexibility index (Phi) is 7.33. The van der Waals surface area contributed by atoms with Gasteiger partial charge in [0.05, 0.1) is 33.3 Å². The van der Waals surface area contributed by atoms with Gasteiger partial charge in [-0.3, -0.25) is 9.97 Å². The van der Waals surface area contributed by atoms with E-state index in [1.54, 1.807) is 80.8 Å². The summed E-state index contributed by atoms with van der Waals surface area (Å²) in [5.74, 6) is -2.27. The molecule has 1 N–H and O–H groups in total. The van der Waals surface area contributed by atoms with Crippen molar-refractivity contribution in [1.29, 1.82) is 0 Å². The average molecular weight is 601 g/mol. The van der Waals surface area contributed by atoms with Crippen molar-refractivity contribution in [3.05, 3.63) is 96.1 Å². The molecule has 10 nitrogen and oxygen atoms in total. The molecule has 44 heavy (non-hydrogen) atoms. The number of fused-ring (bicyclic) bond motifs is 1. The van der Waals surface area contributed by atoms with Gasteiger partial charge in [0, 0.05) is 30.7 Å². The van der Waals surface area contributed by atoms with Crippen LogP contribution in [0.1, 0.15) is 78.0 Å². The van der Waals surface area contributed by atoms with E-state index in [1.807, 2.05) is 13.8 Å². The molecule has 1 spiro atoms. The zero-order valence-electron chi connectivity index (χ0n) is 25.1. The topological polar surface area (TPSA) is 134 Å². The first kappa shape index (κ1) is 29.9. The van der Waals surface area contributed by atoms with Gasteiger partial charge < -0.3 is 24.1 Å². The second-order valence-corrected chi connectivity index (χ2v) is 12.8. The number of esters is 3. The van der Waals surface area contributed by atoms with E-state index >= 15 is 0 Å². The van der Waals surface area contributed by atoms with Crippen molar-refractivity contribution in [2.45, 2.75) is 82.1 Å². The van der Waals surface area contributed by atoms with Crippen molar-refractivity contribution in [2.75, 3.05) is 0 Å². The Labute approximate surface area is 255 Å². The zero-order valence-corrected chi connectivity index (χ0v) is 25.1. The van der Waals surface area contributed by atoms with Gasteiger partial charge in [-0.05, 0) is 83.4 Å². The Morgan fingerprint density at radius 1 is 0.773 bits per heavy atom. The molecule has 0 radical (unpaired) electrons. The Morgan fingerprint density at radius 3 is 1.89 bits per heavy atom. The van der Waals surface area contributed by atoms with Gasteiger partial charge in [0.2, 0.25) is 0 Å². The summed E-state index contributed by atoms with van der Waals surface area (Å²) in [7, 11) is 0. The quantitative estimate of drug-likeness (QED) is 0.317. The summed E-state index contributed by atoms with van der Waals surface area (Å²) >= 11 is 0. The van der Waals surface area contributed by atoms with E-state index in [-0.39, 0.29) is 30.4 Å². The number of aliphatic hydroxyl groups is 1. The molecule has 7 atom stereocenters. The van der Waals surface area contributed by atoms with Gasteiger partial charge in [0.15, 0.2) is 0 Å². The standard InChI is InChI=1S/C34H36N2O8/c1-31(2)24-18-26(42-30(39)23-13-9-17-36-20-23)33(4)25(41-29(38)22-12-8-16-35-19-22)14-15-32(3,40)34(33,44-31)27(24)43-28(37)21-10-6-5-7-11-21/h5-13,16-17,19-20,24-27,40H,14-15,18H2,1-4H3/t24-,25+,26+,27-,32+,33+,34+/m1/s1. The number of carbonyl (C=O) groups is 3. The Balaban J connectivity index is 1.47. The number of pyridine rings is 2. The minimum Gasteiger partial charge on any atom is -0.458 e. The van der Waals surface area contributed by atoms with Crippen LogP contribution in [0.5, 0.6) is 0 Å². The largest absolute Gasteiger partial charge is 0.458 e. The molecule has 3 fully saturated rings. The van der Waals surface area contributed by atoms with Crippen molar-refractivity contribution in [3.63, 3.8) is 0 Å². The molecule has 1 aliphatic heterocycles. The fourth-order valence-electron chi connectivity index (χ4n) is 7.71. The predicted molar refractivity (Wildman–Crippen MR) is 156 cm³/mol. The molecule has 2 aromatic heterocycles. The second-order valence-electron chi connectivity index (χ2n) is 12.8. The van der Waals surface area contributed by atoms with Crippen LogP contribution in [-0.2, 0) is 18.9 Å². The lowest BCUT2D eigenvalue weighted by molar-refractivity contribution is -0.324. The minimum atomic E-state index is -1.63. The zero-order chi connectivity index (χ0) is 31.3. The monoisotopic (exact) mass is 600 g/mol. The van der Waals surface area contributed by atoms with Gasteiger partial charge in [0.25, 0.3) is 0 Å². The van der Waals surface area contributed by atoms with Crippen LogP contribution in [0, 0.1) is 11.3 Å². The van der Waals surface area contributed by atoms with E-state index in [4.69, 9.17) is 18.9 Å². The van der Waals surface area contributed by atoms with E-state index in [1.165, 1.54) is 12.4 Å². The van der Waals surface area contributed by atoms with Gasteiger partial charge in [-0.1, -0.05) is 18.2 Å². The molecule has 1 saturated heterocycles. The van der Waals surface area contributed by atoms with E-state index < -0.39 is 64.4 Å². The maximum Gasteiger partial charge on any atom is 0.339 e. The van der Waals surface area contributed by atoms with Gasteiger partial charge >= 0.3 is 17.9 Å². The lowest BCUT2D eigenvalue weighted by atomic mass is 9.47. The van der Waals surface area contributed by atoms with Crippen molar-refractivity contribution in [1.82, 2.24) is 9.97 Å². The highest BCUT2D eigenvalue weighted by Crippen LogP contribution is 2.68. The first-order valence-corrected chi connectivity index (χ1v) is 14.8. The Bertz CT molecular complexity index is 1550. The number of nitrogens with zero attached hydrogens (tertiary/aromatic N) is 2. The molecule has 3 aromatic rings. The summed E-state index contributed by atoms with van der Waals surface area (Å²) < 4.78 is 25.7. The third-order valence-electron chi connectivity index (χ3n) is 9.92. The smallest absolute Gasteiger partial charge is 0.339 e. The molecule has 2 bridgehead atoms. The van der Waals surface area contributed by atoms with Crippen molar-refractivity contribution >= 4 is 17.9 Å². The maximum absolute atomic E-state index is 13.6. The molecular formula is C34H36N2O8. The molecule has 6 rings (SSSR count). The number of aromatic nitrogens is 2. The number of hydrogen-bond acceptors (Lipinski definition) is 10. The summed E-state index contributed by atoms with van der Waals surface area (Å²) in [6.45, 7) is 7.20. The van der Waals surface area contributed by atoms with Crippen molar-refractivity contribution < 1.29 is 38.4 Å². The van der Waals surface area contributed by atoms with Gasteiger partial charge in [-0.15, -0.1) is 0 Å². The first-order chi connectivity index (χ1) is 20.9. The molecular weight excluding hydrogens is 564 g/mol. The van der Waals surface area contributed by atoms with Crippen LogP contribution in [0.15, 0.2) is 79.4 Å². The lowest BCUT2D eigenvalue weighted by Crippen LogP contribution is -2.79. The van der Waals surface area contributed by atoms with E-state index in [0.717, 1.165) is 0 Å². The van der Waals surface area contributed by atoms with Gasteiger partial charge in [-0.2, -0.15) is 0 Å². The average Bonchev–Trinajstić information content (AvgIpc) is 3.20. The highest BCUT2D eigenvalue weighted by Gasteiger charge is 2.82. The van der Waals surface area contributed by atoms with Gasteiger partial charge in [0.1, 0.15) is 23.9 Å². The lowest BCUT2D eigenvalue weighted by Gasteiger charge is -2.64. The molecule has 0 amide bonds. The molecule has 230 valence electrons. The van der Waals surface area contributed by atoms with Crippen LogP contribution in [0.2, 0.25) is 0 Å². The highest BCUT2D eigenvalue weighted by molar-refractivity contribution is 5.90. The molecule has 3 heterocycles. The van der Waals surface area contributed by atoms with Crippen LogP contribution in [-0.4, -0.2) is 68.1 Å². The fraction of sp³-hybridized carbons (Fsp3) is 0.441. The molecule has 1 aromatic carbocycles. The van der Waals surface area contributed by atoms with E-state index in [9.17, 15) is 19.5 Å². The number of carbonyl (C=O) groups excluding carboxylic acids is 3. The van der Waals surface area contributed by atoms with E-state index in [2.05, 4.69) is 9.97 Å². The molecule has 2 aliphatic carbocycles. The van der Waals surface area contributed by atoms with E-state index in [0.29, 0.717) is 5.56 Å².